The van der Waals surface area contributed by atoms with Crippen molar-refractivity contribution in [3.63, 3.8) is 0 Å². The van der Waals surface area contributed by atoms with Gasteiger partial charge in [0, 0.05) is 0 Å². The second-order valence-corrected chi connectivity index (χ2v) is 4.02. The molecule has 0 aromatic rings. The summed E-state index contributed by atoms with van der Waals surface area (Å²) in [5.41, 5.74) is 0. The monoisotopic (exact) mass is 141 g/mol. The molecule has 0 aromatic heterocycles. The Morgan fingerprint density at radius 3 is 1.60 bits per heavy atom. The SMILES string of the molecule is CCN(BC(C)(C)C)CC. The summed E-state index contributed by atoms with van der Waals surface area (Å²) in [6.07, 6.45) is 0. The van der Waals surface area contributed by atoms with Gasteiger partial charge in [0.25, 0.3) is 0 Å². The van der Waals surface area contributed by atoms with Gasteiger partial charge >= 0.3 is 0 Å². The predicted molar refractivity (Wildman–Crippen MR) is 49.8 cm³/mol. The van der Waals surface area contributed by atoms with E-state index in [4.69, 9.17) is 0 Å². The third kappa shape index (κ3) is 4.86. The van der Waals surface area contributed by atoms with Gasteiger partial charge in [-0.25, -0.2) is 0 Å². The van der Waals surface area contributed by atoms with Crippen molar-refractivity contribution in [3.8, 4) is 0 Å². The van der Waals surface area contributed by atoms with Crippen LogP contribution in [0.3, 0.4) is 0 Å². The fourth-order valence-corrected chi connectivity index (χ4v) is 1.12. The van der Waals surface area contributed by atoms with E-state index < -0.39 is 0 Å². The minimum Gasteiger partial charge on any atom is -0.345 e. The lowest BCUT2D eigenvalue weighted by atomic mass is 9.63. The summed E-state index contributed by atoms with van der Waals surface area (Å²) in [6, 6.07) is 0. The maximum Gasteiger partial charge on any atom is 0.209 e. The lowest BCUT2D eigenvalue weighted by Gasteiger charge is -2.25. The van der Waals surface area contributed by atoms with E-state index in [1.165, 1.54) is 20.5 Å². The molecule has 0 aliphatic rings. The minimum atomic E-state index is 0.450. The summed E-state index contributed by atoms with van der Waals surface area (Å²) in [6.45, 7) is 13.6. The first-order chi connectivity index (χ1) is 4.49. The molecule has 1 nitrogen and oxygen atoms in total. The van der Waals surface area contributed by atoms with Gasteiger partial charge in [-0.2, -0.15) is 0 Å². The smallest absolute Gasteiger partial charge is 0.209 e. The Morgan fingerprint density at radius 2 is 1.50 bits per heavy atom. The van der Waals surface area contributed by atoms with Gasteiger partial charge in [0.05, 0.1) is 0 Å². The maximum atomic E-state index is 2.46. The molecule has 0 rings (SSSR count). The first-order valence-electron chi connectivity index (χ1n) is 4.22. The Morgan fingerprint density at radius 1 is 1.10 bits per heavy atom. The van der Waals surface area contributed by atoms with Crippen molar-refractivity contribution < 1.29 is 0 Å². The van der Waals surface area contributed by atoms with Gasteiger partial charge in [-0.15, -0.1) is 0 Å². The zero-order valence-corrected chi connectivity index (χ0v) is 8.07. The van der Waals surface area contributed by atoms with Crippen LogP contribution in [0.5, 0.6) is 0 Å². The molecule has 2 heteroatoms. The van der Waals surface area contributed by atoms with Crippen LogP contribution in [0.25, 0.3) is 0 Å². The fraction of sp³-hybridized carbons (Fsp3) is 1.00. The molecular formula is C8H20BN. The van der Waals surface area contributed by atoms with E-state index in [2.05, 4.69) is 39.4 Å². The number of rotatable bonds is 3. The molecule has 0 aliphatic heterocycles. The van der Waals surface area contributed by atoms with E-state index in [9.17, 15) is 0 Å². The van der Waals surface area contributed by atoms with E-state index >= 15 is 0 Å². The Balaban J connectivity index is 3.63. The van der Waals surface area contributed by atoms with Crippen LogP contribution in [0, 0.1) is 0 Å². The van der Waals surface area contributed by atoms with Gasteiger partial charge in [-0.3, -0.25) is 0 Å². The molecule has 0 heterocycles. The third-order valence-corrected chi connectivity index (χ3v) is 1.59. The molecule has 60 valence electrons. The van der Waals surface area contributed by atoms with Crippen molar-refractivity contribution in [1.82, 2.24) is 4.81 Å². The van der Waals surface area contributed by atoms with E-state index in [1.54, 1.807) is 0 Å². The summed E-state index contributed by atoms with van der Waals surface area (Å²) in [5, 5.41) is 0.450. The largest absolute Gasteiger partial charge is 0.345 e. The minimum absolute atomic E-state index is 0.450. The molecule has 0 unspecified atom stereocenters. The summed E-state index contributed by atoms with van der Waals surface area (Å²) >= 11 is 0. The fourth-order valence-electron chi connectivity index (χ4n) is 1.12. The zero-order valence-electron chi connectivity index (χ0n) is 8.07. The Hall–Kier alpha value is 0.0249. The molecule has 0 aliphatic carbocycles. The van der Waals surface area contributed by atoms with Crippen molar-refractivity contribution in [2.24, 2.45) is 0 Å². The number of nitrogens with zero attached hydrogens (tertiary/aromatic N) is 1. The highest BCUT2D eigenvalue weighted by Gasteiger charge is 2.15. The highest BCUT2D eigenvalue weighted by atomic mass is 15.0. The second-order valence-electron chi connectivity index (χ2n) is 4.02. The van der Waals surface area contributed by atoms with Crippen LogP contribution in [0.2, 0.25) is 5.31 Å². The number of hydrogen-bond donors (Lipinski definition) is 0. The summed E-state index contributed by atoms with van der Waals surface area (Å²) in [7, 11) is 1.21. The van der Waals surface area contributed by atoms with Crippen LogP contribution in [-0.2, 0) is 0 Å². The van der Waals surface area contributed by atoms with Gasteiger partial charge < -0.3 is 4.81 Å². The summed E-state index contributed by atoms with van der Waals surface area (Å²) < 4.78 is 0. The van der Waals surface area contributed by atoms with E-state index in [1.807, 2.05) is 0 Å². The maximum absolute atomic E-state index is 2.46. The molecule has 0 amide bonds. The van der Waals surface area contributed by atoms with Crippen molar-refractivity contribution in [2.75, 3.05) is 13.1 Å². The van der Waals surface area contributed by atoms with Crippen LogP contribution in [0.1, 0.15) is 34.6 Å². The Kier molecular flexibility index (Phi) is 4.03. The third-order valence-electron chi connectivity index (χ3n) is 1.59. The molecule has 0 bridgehead atoms. The molecule has 0 saturated carbocycles. The Bertz CT molecular complexity index is 81.7. The molecule has 0 radical (unpaired) electrons. The highest BCUT2D eigenvalue weighted by Crippen LogP contribution is 2.20. The van der Waals surface area contributed by atoms with E-state index in [-0.39, 0.29) is 0 Å². The molecular weight excluding hydrogens is 121 g/mol. The molecule has 0 atom stereocenters. The van der Waals surface area contributed by atoms with Crippen LogP contribution in [0.4, 0.5) is 0 Å². The van der Waals surface area contributed by atoms with Gasteiger partial charge in [-0.1, -0.05) is 34.6 Å². The van der Waals surface area contributed by atoms with Crippen molar-refractivity contribution >= 4 is 7.41 Å². The lowest BCUT2D eigenvalue weighted by molar-refractivity contribution is 0.470. The van der Waals surface area contributed by atoms with E-state index in [0.717, 1.165) is 0 Å². The first-order valence-corrected chi connectivity index (χ1v) is 4.22. The molecule has 0 N–H and O–H groups in total. The number of hydrogen-bond acceptors (Lipinski definition) is 1. The first kappa shape index (κ1) is 10.0. The van der Waals surface area contributed by atoms with Gasteiger partial charge in [-0.05, 0) is 18.4 Å². The van der Waals surface area contributed by atoms with E-state index in [0.29, 0.717) is 5.31 Å². The van der Waals surface area contributed by atoms with Gasteiger partial charge in [0.2, 0.25) is 7.41 Å². The second kappa shape index (κ2) is 4.02. The van der Waals surface area contributed by atoms with Crippen LogP contribution >= 0.6 is 0 Å². The standard InChI is InChI=1S/C8H20BN/c1-6-10(7-2)9-8(3,4)5/h9H,6-7H2,1-5H3. The van der Waals surface area contributed by atoms with Crippen molar-refractivity contribution in [1.29, 1.82) is 0 Å². The highest BCUT2D eigenvalue weighted by molar-refractivity contribution is 6.36. The molecule has 0 saturated heterocycles. The van der Waals surface area contributed by atoms with Gasteiger partial charge in [0.15, 0.2) is 0 Å². The van der Waals surface area contributed by atoms with Gasteiger partial charge in [0.1, 0.15) is 0 Å². The van der Waals surface area contributed by atoms with Crippen LogP contribution in [0.15, 0.2) is 0 Å². The predicted octanol–water partition coefficient (Wildman–Crippen LogP) is 1.90. The quantitative estimate of drug-likeness (QED) is 0.542. The molecule has 0 aromatic carbocycles. The molecule has 0 fully saturated rings. The normalized spacial score (nSPS) is 12.2. The topological polar surface area (TPSA) is 3.24 Å². The average molecular weight is 141 g/mol. The molecule has 0 spiro atoms. The summed E-state index contributed by atoms with van der Waals surface area (Å²) in [4.78, 5) is 2.46. The molecule has 10 heavy (non-hydrogen) atoms. The lowest BCUT2D eigenvalue weighted by Crippen LogP contribution is -2.32. The van der Waals surface area contributed by atoms with Crippen LogP contribution in [-0.4, -0.2) is 25.3 Å². The van der Waals surface area contributed by atoms with Crippen LogP contribution < -0.4 is 0 Å². The average Bonchev–Trinajstić information content (AvgIpc) is 1.81. The summed E-state index contributed by atoms with van der Waals surface area (Å²) in [5.74, 6) is 0. The van der Waals surface area contributed by atoms with Crippen molar-refractivity contribution in [2.45, 2.75) is 39.9 Å². The van der Waals surface area contributed by atoms with Crippen molar-refractivity contribution in [3.05, 3.63) is 0 Å². The Labute approximate surface area is 66.1 Å². The zero-order chi connectivity index (χ0) is 8.20.